The van der Waals surface area contributed by atoms with Crippen molar-refractivity contribution in [2.45, 2.75) is 32.1 Å². The second kappa shape index (κ2) is 8.75. The minimum atomic E-state index is -0.233. The predicted octanol–water partition coefficient (Wildman–Crippen LogP) is 3.47. The van der Waals surface area contributed by atoms with Crippen molar-refractivity contribution in [2.75, 3.05) is 20.8 Å². The summed E-state index contributed by atoms with van der Waals surface area (Å²) in [5, 5.41) is 8.83. The van der Waals surface area contributed by atoms with E-state index in [2.05, 4.69) is 6.07 Å². The molecule has 6 nitrogen and oxygen atoms in total. The maximum atomic E-state index is 12.7. The third-order valence-electron chi connectivity index (χ3n) is 5.32. The van der Waals surface area contributed by atoms with Crippen LogP contribution in [0.2, 0.25) is 0 Å². The number of hydrogen-bond donors (Lipinski definition) is 0. The highest BCUT2D eigenvalue weighted by Crippen LogP contribution is 2.36. The van der Waals surface area contributed by atoms with E-state index in [9.17, 15) is 9.59 Å². The summed E-state index contributed by atoms with van der Waals surface area (Å²) in [6.45, 7) is 0.550. The summed E-state index contributed by atoms with van der Waals surface area (Å²) in [5.74, 6) is 0.644. The first kappa shape index (κ1) is 19.7. The van der Waals surface area contributed by atoms with Crippen molar-refractivity contribution in [1.29, 1.82) is 5.26 Å². The number of nitrogens with zero attached hydrogens (tertiary/aromatic N) is 1. The lowest BCUT2D eigenvalue weighted by molar-refractivity contribution is -0.121. The Bertz CT molecular complexity index is 833. The van der Waals surface area contributed by atoms with Crippen LogP contribution in [0.3, 0.4) is 0 Å². The Hall–Kier alpha value is -3.07. The smallest absolute Gasteiger partial charge is 0.228 e. The van der Waals surface area contributed by atoms with E-state index in [1.165, 1.54) is 14.2 Å². The fourth-order valence-electron chi connectivity index (χ4n) is 3.75. The van der Waals surface area contributed by atoms with Crippen molar-refractivity contribution >= 4 is 11.6 Å². The molecule has 0 amide bonds. The summed E-state index contributed by atoms with van der Waals surface area (Å²) >= 11 is 0. The average molecular weight is 381 g/mol. The quantitative estimate of drug-likeness (QED) is 0.702. The number of hydrogen-bond acceptors (Lipinski definition) is 6. The molecule has 0 fully saturated rings. The Balaban J connectivity index is 1.58. The van der Waals surface area contributed by atoms with Gasteiger partial charge in [0.15, 0.2) is 0 Å². The molecule has 0 saturated carbocycles. The summed E-state index contributed by atoms with van der Waals surface area (Å²) in [4.78, 5) is 25.4. The van der Waals surface area contributed by atoms with Gasteiger partial charge in [-0.1, -0.05) is 0 Å². The van der Waals surface area contributed by atoms with Gasteiger partial charge in [-0.2, -0.15) is 5.26 Å². The molecular weight excluding hydrogens is 358 g/mol. The van der Waals surface area contributed by atoms with Gasteiger partial charge in [0.1, 0.15) is 5.75 Å². The van der Waals surface area contributed by atoms with Gasteiger partial charge < -0.3 is 14.2 Å². The summed E-state index contributed by atoms with van der Waals surface area (Å²) in [7, 11) is 2.76. The number of carbonyl (C=O) groups excluding carboxylic acids is 2. The predicted molar refractivity (Wildman–Crippen MR) is 101 cm³/mol. The molecule has 1 aromatic carbocycles. The molecule has 3 rings (SSSR count). The number of ether oxygens (including phenoxy) is 3. The normalized spacial score (nSPS) is 17.8. The van der Waals surface area contributed by atoms with E-state index in [1.807, 2.05) is 0 Å². The number of allylic oxidation sites excluding steroid dienone is 2. The third kappa shape index (κ3) is 3.94. The van der Waals surface area contributed by atoms with Crippen LogP contribution < -0.4 is 4.74 Å². The molecule has 0 saturated heterocycles. The van der Waals surface area contributed by atoms with Crippen LogP contribution in [0.15, 0.2) is 46.9 Å². The maximum absolute atomic E-state index is 12.7. The lowest BCUT2D eigenvalue weighted by Crippen LogP contribution is -2.25. The molecule has 0 atom stereocenters. The molecule has 2 aliphatic carbocycles. The van der Waals surface area contributed by atoms with Crippen LogP contribution in [0, 0.1) is 17.2 Å². The molecule has 0 unspecified atom stereocenters. The zero-order valence-electron chi connectivity index (χ0n) is 16.1. The zero-order chi connectivity index (χ0) is 20.1. The molecule has 0 spiro atoms. The van der Waals surface area contributed by atoms with Crippen LogP contribution in [0.5, 0.6) is 5.75 Å². The lowest BCUT2D eigenvalue weighted by Gasteiger charge is -2.20. The Morgan fingerprint density at radius 3 is 1.96 bits per heavy atom. The highest BCUT2D eigenvalue weighted by Gasteiger charge is 2.37. The van der Waals surface area contributed by atoms with Gasteiger partial charge in [0.05, 0.1) is 32.5 Å². The molecule has 28 heavy (non-hydrogen) atoms. The largest absolute Gasteiger partial charge is 0.494 e. The van der Waals surface area contributed by atoms with Gasteiger partial charge in [0.2, 0.25) is 23.1 Å². The zero-order valence-corrected chi connectivity index (χ0v) is 16.1. The summed E-state index contributed by atoms with van der Waals surface area (Å²) in [5.41, 5.74) is 1.73. The molecule has 146 valence electrons. The van der Waals surface area contributed by atoms with Crippen LogP contribution in [0.25, 0.3) is 0 Å². The second-order valence-corrected chi connectivity index (χ2v) is 6.90. The number of rotatable bonds is 6. The highest BCUT2D eigenvalue weighted by atomic mass is 16.5. The van der Waals surface area contributed by atoms with Gasteiger partial charge in [0.25, 0.3) is 0 Å². The van der Waals surface area contributed by atoms with Gasteiger partial charge in [-0.25, -0.2) is 0 Å². The Kier molecular flexibility index (Phi) is 6.15. The molecule has 0 aliphatic heterocycles. The Morgan fingerprint density at radius 1 is 0.964 bits per heavy atom. The second-order valence-electron chi connectivity index (χ2n) is 6.90. The maximum Gasteiger partial charge on any atom is 0.228 e. The number of nitriles is 1. The third-order valence-corrected chi connectivity index (χ3v) is 5.32. The molecule has 0 heterocycles. The number of carbonyl (C=O) groups is 2. The molecule has 0 N–H and O–H groups in total. The van der Waals surface area contributed by atoms with Gasteiger partial charge in [-0.05, 0) is 62.3 Å². The number of benzene rings is 1. The first-order chi connectivity index (χ1) is 13.6. The summed E-state index contributed by atoms with van der Waals surface area (Å²) in [6.07, 6.45) is 3.61. The topological polar surface area (TPSA) is 85.6 Å². The van der Waals surface area contributed by atoms with Crippen molar-refractivity contribution in [3.05, 3.63) is 52.5 Å². The molecule has 0 aromatic heterocycles. The lowest BCUT2D eigenvalue weighted by atomic mass is 9.89. The number of methoxy groups -OCH3 is 2. The van der Waals surface area contributed by atoms with Crippen molar-refractivity contribution in [3.8, 4) is 11.8 Å². The minimum Gasteiger partial charge on any atom is -0.494 e. The van der Waals surface area contributed by atoms with Crippen molar-refractivity contribution < 1.29 is 23.8 Å². The Labute approximate surface area is 164 Å². The fraction of sp³-hybridized carbons (Fsp3) is 0.409. The van der Waals surface area contributed by atoms with Gasteiger partial charge in [-0.3, -0.25) is 9.59 Å². The van der Waals surface area contributed by atoms with Crippen LogP contribution >= 0.6 is 0 Å². The van der Waals surface area contributed by atoms with E-state index >= 15 is 0 Å². The van der Waals surface area contributed by atoms with E-state index in [0.29, 0.717) is 42.1 Å². The van der Waals surface area contributed by atoms with Gasteiger partial charge >= 0.3 is 0 Å². The fourth-order valence-corrected chi connectivity index (χ4v) is 3.75. The van der Waals surface area contributed by atoms with E-state index in [-0.39, 0.29) is 23.1 Å². The first-order valence-corrected chi connectivity index (χ1v) is 9.35. The molecular formula is C22H23NO5. The van der Waals surface area contributed by atoms with Crippen molar-refractivity contribution in [3.63, 3.8) is 0 Å². The SMILES string of the molecule is COC1=C(OC)C(=O)C2=C(CCC(CCOc3ccc(C#N)cc3)CC2)C1=O. The van der Waals surface area contributed by atoms with Gasteiger partial charge in [-0.15, -0.1) is 0 Å². The van der Waals surface area contributed by atoms with E-state index in [1.54, 1.807) is 24.3 Å². The Morgan fingerprint density at radius 2 is 1.50 bits per heavy atom. The van der Waals surface area contributed by atoms with E-state index in [0.717, 1.165) is 25.0 Å². The van der Waals surface area contributed by atoms with E-state index < -0.39 is 0 Å². The standard InChI is InChI=1S/C22H23NO5/c1-26-21-19(24)17-9-5-14(6-10-18(17)20(25)22(21)27-2)11-12-28-16-7-3-15(13-23)4-8-16/h3-4,7-8,14H,5-6,9-12H2,1-2H3. The van der Waals surface area contributed by atoms with E-state index in [4.69, 9.17) is 19.5 Å². The summed E-state index contributed by atoms with van der Waals surface area (Å²) in [6, 6.07) is 9.10. The average Bonchev–Trinajstić information content (AvgIpc) is 2.94. The number of Topliss-reactive ketones (excluding diaryl/α,β-unsaturated/α-hetero) is 2. The molecule has 6 heteroatoms. The molecule has 1 aromatic rings. The minimum absolute atomic E-state index is 0.00819. The van der Waals surface area contributed by atoms with Crippen LogP contribution in [0.4, 0.5) is 0 Å². The molecule has 0 bridgehead atoms. The summed E-state index contributed by atoms with van der Waals surface area (Å²) < 4.78 is 16.0. The van der Waals surface area contributed by atoms with Gasteiger partial charge in [0, 0.05) is 11.1 Å². The number of ketones is 2. The highest BCUT2D eigenvalue weighted by molar-refractivity contribution is 6.23. The van der Waals surface area contributed by atoms with Crippen LogP contribution in [-0.2, 0) is 19.1 Å². The van der Waals surface area contributed by atoms with Crippen LogP contribution in [0.1, 0.15) is 37.7 Å². The monoisotopic (exact) mass is 381 g/mol. The van der Waals surface area contributed by atoms with Crippen molar-refractivity contribution in [1.82, 2.24) is 0 Å². The molecule has 2 aliphatic rings. The van der Waals surface area contributed by atoms with Crippen molar-refractivity contribution in [2.24, 2.45) is 5.92 Å². The first-order valence-electron chi connectivity index (χ1n) is 9.35. The molecule has 0 radical (unpaired) electrons. The van der Waals surface area contributed by atoms with Crippen LogP contribution in [-0.4, -0.2) is 32.4 Å².